The van der Waals surface area contributed by atoms with Crippen LogP contribution in [0.3, 0.4) is 0 Å². The fourth-order valence-corrected chi connectivity index (χ4v) is 2.45. The maximum absolute atomic E-state index is 9.28. The van der Waals surface area contributed by atoms with Crippen LogP contribution in [0.15, 0.2) is 0 Å². The third-order valence-electron chi connectivity index (χ3n) is 1.85. The molecule has 15 heavy (non-hydrogen) atoms. The van der Waals surface area contributed by atoms with E-state index in [1.54, 1.807) is 0 Å². The molecular weight excluding hydrogens is 255 g/mol. The summed E-state index contributed by atoms with van der Waals surface area (Å²) in [5.74, 6) is 0. The van der Waals surface area contributed by atoms with Crippen molar-refractivity contribution in [2.24, 2.45) is 0 Å². The van der Waals surface area contributed by atoms with Gasteiger partial charge in [-0.25, -0.2) is 0 Å². The summed E-state index contributed by atoms with van der Waals surface area (Å²) < 4.78 is 37.8. The summed E-state index contributed by atoms with van der Waals surface area (Å²) in [5, 5.41) is 18.3. The molecule has 3 atom stereocenters. The molecule has 9 heteroatoms. The number of rotatable bonds is 1. The zero-order chi connectivity index (χ0) is 12.1. The zero-order valence-electron chi connectivity index (χ0n) is 8.28. The van der Waals surface area contributed by atoms with Crippen molar-refractivity contribution in [2.75, 3.05) is 6.61 Å². The SMILES string of the molecule is O=S(=O)(O)O.OC1COC([CH2][K])C(O)C1. The first-order valence-corrected chi connectivity index (χ1v) is 8.02. The molecule has 0 bridgehead atoms. The van der Waals surface area contributed by atoms with E-state index < -0.39 is 22.6 Å². The van der Waals surface area contributed by atoms with Crippen LogP contribution in [0.2, 0.25) is 0.515 Å². The predicted molar refractivity (Wildman–Crippen MR) is 51.1 cm³/mol. The van der Waals surface area contributed by atoms with Crippen molar-refractivity contribution in [1.29, 1.82) is 0 Å². The molecule has 0 amide bonds. The van der Waals surface area contributed by atoms with Crippen LogP contribution in [0.25, 0.3) is 0 Å². The summed E-state index contributed by atoms with van der Waals surface area (Å²) in [5.41, 5.74) is 0. The molecule has 3 unspecified atom stereocenters. The van der Waals surface area contributed by atoms with Gasteiger partial charge in [-0.15, -0.1) is 0 Å². The van der Waals surface area contributed by atoms with Crippen LogP contribution in [0.5, 0.6) is 0 Å². The Bertz CT molecular complexity index is 259. The standard InChI is InChI=1S/C6H11O3.K.H2O4S/c1-4-6(8)2-5(7)3-9-4;;1-5(2,3)4/h4-8H,1-3H2;;(H2,1,2,3,4). The molecule has 86 valence electrons. The second-order valence-corrected chi connectivity index (χ2v) is 5.36. The monoisotopic (exact) mass is 268 g/mol. The second-order valence-electron chi connectivity index (χ2n) is 3.18. The molecule has 1 aliphatic heterocycles. The van der Waals surface area contributed by atoms with Gasteiger partial charge in [0.25, 0.3) is 0 Å². The van der Waals surface area contributed by atoms with Crippen molar-refractivity contribution in [1.82, 2.24) is 0 Å². The fraction of sp³-hybridized carbons (Fsp3) is 1.00. The molecule has 0 radical (unpaired) electrons. The van der Waals surface area contributed by atoms with Gasteiger partial charge in [0.2, 0.25) is 0 Å². The van der Waals surface area contributed by atoms with Gasteiger partial charge in [0.05, 0.1) is 0 Å². The van der Waals surface area contributed by atoms with Crippen molar-refractivity contribution < 1.29 is 32.5 Å². The van der Waals surface area contributed by atoms with Gasteiger partial charge in [-0.05, 0) is 0 Å². The molecule has 1 heterocycles. The van der Waals surface area contributed by atoms with Gasteiger partial charge < -0.3 is 0 Å². The first kappa shape index (κ1) is 16.4. The van der Waals surface area contributed by atoms with E-state index >= 15 is 0 Å². The molecule has 0 aliphatic carbocycles. The van der Waals surface area contributed by atoms with E-state index in [1.165, 1.54) is 0 Å². The number of ether oxygens (including phenoxy) is 1. The molecule has 1 fully saturated rings. The van der Waals surface area contributed by atoms with E-state index in [0.717, 1.165) is 49.5 Å². The van der Waals surface area contributed by atoms with Crippen molar-refractivity contribution in [3.63, 3.8) is 0 Å². The summed E-state index contributed by atoms with van der Waals surface area (Å²) in [6.45, 7) is 0.401. The minimum absolute atomic E-state index is 0.0170. The normalized spacial score (nSPS) is 31.7. The van der Waals surface area contributed by atoms with Gasteiger partial charge in [-0.1, -0.05) is 0 Å². The molecular formula is C6H13KO7S. The topological polar surface area (TPSA) is 124 Å². The Balaban J connectivity index is 0.000000336. The molecule has 0 aromatic carbocycles. The van der Waals surface area contributed by atoms with Crippen LogP contribution in [-0.2, 0) is 15.1 Å². The first-order chi connectivity index (χ1) is 6.74. The Hall–Kier alpha value is 1.39. The van der Waals surface area contributed by atoms with Gasteiger partial charge in [0, 0.05) is 0 Å². The Morgan fingerprint density at radius 3 is 2.13 bits per heavy atom. The van der Waals surface area contributed by atoms with Crippen LogP contribution in [0, 0.1) is 0 Å². The number of hydrogen-bond acceptors (Lipinski definition) is 5. The summed E-state index contributed by atoms with van der Waals surface area (Å²) in [7, 11) is -4.67. The summed E-state index contributed by atoms with van der Waals surface area (Å²) in [6, 6.07) is 0. The van der Waals surface area contributed by atoms with Crippen LogP contribution in [0.1, 0.15) is 6.42 Å². The Labute approximate surface area is 122 Å². The van der Waals surface area contributed by atoms with E-state index in [0.29, 0.717) is 13.0 Å². The Kier molecular flexibility index (Phi) is 8.37. The third-order valence-corrected chi connectivity index (χ3v) is 3.10. The van der Waals surface area contributed by atoms with Gasteiger partial charge in [0.15, 0.2) is 0 Å². The Morgan fingerprint density at radius 1 is 1.33 bits per heavy atom. The van der Waals surface area contributed by atoms with Crippen LogP contribution in [0.4, 0.5) is 0 Å². The predicted octanol–water partition coefficient (Wildman–Crippen LogP) is -1.57. The number of hydrogen-bond donors (Lipinski definition) is 4. The molecule has 0 spiro atoms. The molecule has 0 aromatic heterocycles. The van der Waals surface area contributed by atoms with Crippen molar-refractivity contribution in [3.8, 4) is 0 Å². The molecule has 7 nitrogen and oxygen atoms in total. The molecule has 1 aliphatic rings. The van der Waals surface area contributed by atoms with Crippen molar-refractivity contribution in [2.45, 2.75) is 25.2 Å². The molecule has 1 saturated heterocycles. The zero-order valence-corrected chi connectivity index (χ0v) is 12.2. The van der Waals surface area contributed by atoms with E-state index in [1.807, 2.05) is 0 Å². The average Bonchev–Trinajstić information content (AvgIpc) is 2.01. The fourth-order valence-electron chi connectivity index (χ4n) is 1.23. The van der Waals surface area contributed by atoms with Crippen LogP contribution >= 0.6 is 0 Å². The van der Waals surface area contributed by atoms with E-state index in [2.05, 4.69) is 0 Å². The van der Waals surface area contributed by atoms with E-state index in [-0.39, 0.29) is 6.10 Å². The van der Waals surface area contributed by atoms with Gasteiger partial charge in [0.1, 0.15) is 0 Å². The summed E-state index contributed by atoms with van der Waals surface area (Å²) in [6.07, 6.45) is -0.381. The first-order valence-electron chi connectivity index (χ1n) is 4.41. The van der Waals surface area contributed by atoms with Gasteiger partial charge in [-0.2, -0.15) is 8.42 Å². The third kappa shape index (κ3) is 10.3. The number of aliphatic hydroxyl groups is 2. The molecule has 0 aromatic rings. The van der Waals surface area contributed by atoms with Crippen molar-refractivity contribution in [3.05, 3.63) is 0 Å². The average molecular weight is 268 g/mol. The number of aliphatic hydroxyl groups excluding tert-OH is 2. The quantitative estimate of drug-likeness (QED) is 0.334. The summed E-state index contributed by atoms with van der Waals surface area (Å²) in [4.78, 5) is 0. The maximum atomic E-state index is 9.28. The second kappa shape index (κ2) is 7.66. The van der Waals surface area contributed by atoms with Crippen LogP contribution < -0.4 is 0 Å². The molecule has 1 rings (SSSR count). The van der Waals surface area contributed by atoms with E-state index in [4.69, 9.17) is 27.4 Å². The Morgan fingerprint density at radius 2 is 1.80 bits per heavy atom. The van der Waals surface area contributed by atoms with Gasteiger partial charge >= 0.3 is 106 Å². The minimum atomic E-state index is -4.67. The summed E-state index contributed by atoms with van der Waals surface area (Å²) >= 11 is 0.723. The van der Waals surface area contributed by atoms with Gasteiger partial charge in [-0.3, -0.25) is 9.11 Å². The molecule has 4 N–H and O–H groups in total. The van der Waals surface area contributed by atoms with Crippen LogP contribution in [-0.4, -0.2) is 102 Å². The van der Waals surface area contributed by atoms with E-state index in [9.17, 15) is 5.11 Å². The van der Waals surface area contributed by atoms with Crippen molar-refractivity contribution >= 4 is 59.4 Å². The molecule has 0 saturated carbocycles.